The highest BCUT2D eigenvalue weighted by atomic mass is 16.5. The molecule has 7 nitrogen and oxygen atoms in total. The van der Waals surface area contributed by atoms with Gasteiger partial charge in [0, 0.05) is 30.3 Å². The second kappa shape index (κ2) is 6.71. The molecule has 1 aliphatic heterocycles. The molecule has 3 heterocycles. The lowest BCUT2D eigenvalue weighted by atomic mass is 9.96. The Balaban J connectivity index is 1.70. The molecule has 26 heavy (non-hydrogen) atoms. The van der Waals surface area contributed by atoms with E-state index in [1.54, 1.807) is 0 Å². The van der Waals surface area contributed by atoms with Gasteiger partial charge in [0.1, 0.15) is 6.07 Å². The van der Waals surface area contributed by atoms with E-state index in [1.807, 2.05) is 38.1 Å². The van der Waals surface area contributed by atoms with Crippen molar-refractivity contribution >= 4 is 16.6 Å². The van der Waals surface area contributed by atoms with Crippen molar-refractivity contribution in [1.29, 1.82) is 5.26 Å². The minimum Gasteiger partial charge on any atom is -0.368 e. The van der Waals surface area contributed by atoms with Crippen LogP contribution in [0.2, 0.25) is 0 Å². The van der Waals surface area contributed by atoms with Crippen molar-refractivity contribution < 1.29 is 4.52 Å². The number of aromatic nitrogens is 4. The van der Waals surface area contributed by atoms with Crippen molar-refractivity contribution in [2.24, 2.45) is 0 Å². The molecule has 0 bridgehead atoms. The number of nitriles is 1. The average Bonchev–Trinajstić information content (AvgIpc) is 3.18. The largest absolute Gasteiger partial charge is 0.368 e. The van der Waals surface area contributed by atoms with E-state index in [2.05, 4.69) is 31.3 Å². The minimum atomic E-state index is 0.179. The Labute approximate surface area is 151 Å². The molecular formula is C19H20N6O. The number of piperidine rings is 1. The van der Waals surface area contributed by atoms with E-state index >= 15 is 0 Å². The minimum absolute atomic E-state index is 0.179. The fraction of sp³-hybridized carbons (Fsp3) is 0.421. The van der Waals surface area contributed by atoms with Crippen LogP contribution in [0.25, 0.3) is 10.9 Å². The summed E-state index contributed by atoms with van der Waals surface area (Å²) in [4.78, 5) is 6.79. The van der Waals surface area contributed by atoms with Crippen LogP contribution in [0.4, 0.5) is 5.69 Å². The number of fused-ring (bicyclic) bond motifs is 1. The topological polar surface area (TPSA) is 91.7 Å². The molecule has 0 radical (unpaired) electrons. The lowest BCUT2D eigenvalue weighted by Gasteiger charge is -2.33. The number of nitrogens with zero attached hydrogens (tertiary/aromatic N) is 6. The molecule has 1 atom stereocenters. The van der Waals surface area contributed by atoms with Crippen molar-refractivity contribution in [2.75, 3.05) is 18.0 Å². The third kappa shape index (κ3) is 2.88. The highest BCUT2D eigenvalue weighted by molar-refractivity contribution is 5.93. The summed E-state index contributed by atoms with van der Waals surface area (Å²) in [6.07, 6.45) is 2.00. The van der Waals surface area contributed by atoms with Gasteiger partial charge in [0.05, 0.1) is 11.2 Å². The maximum atomic E-state index is 9.54. The van der Waals surface area contributed by atoms with Gasteiger partial charge in [-0.3, -0.25) is 0 Å². The Morgan fingerprint density at radius 3 is 2.88 bits per heavy atom. The number of rotatable bonds is 3. The van der Waals surface area contributed by atoms with Gasteiger partial charge < -0.3 is 9.42 Å². The van der Waals surface area contributed by atoms with Crippen LogP contribution in [-0.4, -0.2) is 33.4 Å². The predicted octanol–water partition coefficient (Wildman–Crippen LogP) is 3.39. The second-order valence-electron chi connectivity index (χ2n) is 6.96. The Hall–Kier alpha value is -3.01. The fourth-order valence-electron chi connectivity index (χ4n) is 3.47. The van der Waals surface area contributed by atoms with E-state index in [-0.39, 0.29) is 11.8 Å². The first-order chi connectivity index (χ1) is 12.7. The van der Waals surface area contributed by atoms with Crippen LogP contribution in [-0.2, 0) is 0 Å². The van der Waals surface area contributed by atoms with E-state index in [0.29, 0.717) is 11.6 Å². The van der Waals surface area contributed by atoms with Crippen LogP contribution in [0.1, 0.15) is 55.9 Å². The summed E-state index contributed by atoms with van der Waals surface area (Å²) >= 11 is 0. The van der Waals surface area contributed by atoms with Crippen molar-refractivity contribution in [3.05, 3.63) is 41.7 Å². The molecule has 2 aromatic heterocycles. The first-order valence-electron chi connectivity index (χ1n) is 8.91. The summed E-state index contributed by atoms with van der Waals surface area (Å²) in [6.45, 7) is 5.69. The average molecular weight is 348 g/mol. The summed E-state index contributed by atoms with van der Waals surface area (Å²) in [6, 6.07) is 10.00. The maximum absolute atomic E-state index is 9.54. The van der Waals surface area contributed by atoms with Crippen molar-refractivity contribution in [3.8, 4) is 6.07 Å². The third-order valence-corrected chi connectivity index (χ3v) is 4.80. The molecule has 0 aliphatic carbocycles. The Bertz CT molecular complexity index is 974. The van der Waals surface area contributed by atoms with Crippen LogP contribution in [0.5, 0.6) is 0 Å². The van der Waals surface area contributed by atoms with Gasteiger partial charge in [-0.25, -0.2) is 0 Å². The normalized spacial score (nSPS) is 17.6. The monoisotopic (exact) mass is 348 g/mol. The van der Waals surface area contributed by atoms with Crippen molar-refractivity contribution in [3.63, 3.8) is 0 Å². The van der Waals surface area contributed by atoms with Gasteiger partial charge in [-0.2, -0.15) is 10.2 Å². The Kier molecular flexibility index (Phi) is 4.25. The molecule has 0 unspecified atom stereocenters. The molecule has 0 amide bonds. The summed E-state index contributed by atoms with van der Waals surface area (Å²) in [5.41, 5.74) is 2.01. The number of hydrogen-bond acceptors (Lipinski definition) is 7. The predicted molar refractivity (Wildman–Crippen MR) is 96.8 cm³/mol. The molecule has 132 valence electrons. The highest BCUT2D eigenvalue weighted by Crippen LogP contribution is 2.34. The first-order valence-corrected chi connectivity index (χ1v) is 8.91. The SMILES string of the molecule is CC(C)c1nc([C@@H]2CCCN(c3c(C#N)nnc4ccccc34)C2)no1. The van der Waals surface area contributed by atoms with Gasteiger partial charge in [0.2, 0.25) is 5.89 Å². The lowest BCUT2D eigenvalue weighted by Crippen LogP contribution is -2.35. The van der Waals surface area contributed by atoms with Gasteiger partial charge in [-0.15, -0.1) is 10.2 Å². The van der Waals surface area contributed by atoms with Gasteiger partial charge >= 0.3 is 0 Å². The summed E-state index contributed by atoms with van der Waals surface area (Å²) < 4.78 is 5.38. The molecule has 1 fully saturated rings. The first kappa shape index (κ1) is 16.5. The van der Waals surface area contributed by atoms with Crippen LogP contribution >= 0.6 is 0 Å². The molecule has 0 N–H and O–H groups in total. The zero-order chi connectivity index (χ0) is 18.1. The van der Waals surface area contributed by atoms with Gasteiger partial charge in [-0.1, -0.05) is 37.2 Å². The van der Waals surface area contributed by atoms with E-state index in [9.17, 15) is 5.26 Å². The smallest absolute Gasteiger partial charge is 0.229 e. The number of anilines is 1. The Morgan fingerprint density at radius 1 is 1.27 bits per heavy atom. The quantitative estimate of drug-likeness (QED) is 0.716. The van der Waals surface area contributed by atoms with E-state index in [0.717, 1.165) is 48.3 Å². The van der Waals surface area contributed by atoms with Crippen LogP contribution < -0.4 is 4.90 Å². The van der Waals surface area contributed by atoms with Crippen molar-refractivity contribution in [2.45, 2.75) is 38.5 Å². The summed E-state index contributed by atoms with van der Waals surface area (Å²) in [7, 11) is 0. The van der Waals surface area contributed by atoms with Crippen LogP contribution in [0.3, 0.4) is 0 Å². The zero-order valence-electron chi connectivity index (χ0n) is 14.9. The standard InChI is InChI=1S/C19H20N6O/c1-12(2)19-21-18(24-26-19)13-6-5-9-25(11-13)17-14-7-3-4-8-15(14)22-23-16(17)10-20/h3-4,7-8,12-13H,5-6,9,11H2,1-2H3/t13-/m1/s1. The van der Waals surface area contributed by atoms with Gasteiger partial charge in [0.25, 0.3) is 0 Å². The molecule has 7 heteroatoms. The second-order valence-corrected chi connectivity index (χ2v) is 6.96. The van der Waals surface area contributed by atoms with Crippen LogP contribution in [0.15, 0.2) is 28.8 Å². The van der Waals surface area contributed by atoms with Gasteiger partial charge in [0.15, 0.2) is 11.5 Å². The molecule has 0 spiro atoms. The Morgan fingerprint density at radius 2 is 2.12 bits per heavy atom. The van der Waals surface area contributed by atoms with E-state index < -0.39 is 0 Å². The van der Waals surface area contributed by atoms with E-state index in [4.69, 9.17) is 4.52 Å². The molecule has 1 aliphatic rings. The molecule has 1 aromatic carbocycles. The zero-order valence-corrected chi connectivity index (χ0v) is 14.9. The highest BCUT2D eigenvalue weighted by Gasteiger charge is 2.28. The van der Waals surface area contributed by atoms with Crippen molar-refractivity contribution in [1.82, 2.24) is 20.3 Å². The summed E-state index contributed by atoms with van der Waals surface area (Å²) in [5, 5.41) is 23.0. The molecule has 3 aromatic rings. The third-order valence-electron chi connectivity index (χ3n) is 4.80. The molecule has 0 saturated carbocycles. The van der Waals surface area contributed by atoms with E-state index in [1.165, 1.54) is 0 Å². The van der Waals surface area contributed by atoms with Crippen LogP contribution in [0, 0.1) is 11.3 Å². The molecule has 1 saturated heterocycles. The fourth-order valence-corrected chi connectivity index (χ4v) is 3.47. The maximum Gasteiger partial charge on any atom is 0.229 e. The lowest BCUT2D eigenvalue weighted by molar-refractivity contribution is 0.354. The molecular weight excluding hydrogens is 328 g/mol. The molecule has 4 rings (SSSR count). The number of hydrogen-bond donors (Lipinski definition) is 0. The number of benzene rings is 1. The van der Waals surface area contributed by atoms with Gasteiger partial charge in [-0.05, 0) is 18.9 Å². The summed E-state index contributed by atoms with van der Waals surface area (Å²) in [5.74, 6) is 1.82.